The van der Waals surface area contributed by atoms with Crippen LogP contribution in [0.3, 0.4) is 0 Å². The zero-order chi connectivity index (χ0) is 18.6. The van der Waals surface area contributed by atoms with E-state index >= 15 is 0 Å². The topological polar surface area (TPSA) is 38.3 Å². The summed E-state index contributed by atoms with van der Waals surface area (Å²) in [7, 11) is 0. The molecule has 2 aromatic rings. The Labute approximate surface area is 144 Å². The van der Waals surface area contributed by atoms with Crippen molar-refractivity contribution in [1.29, 1.82) is 0 Å². The molecule has 0 aliphatic carbocycles. The first-order valence-corrected chi connectivity index (χ1v) is 7.92. The number of anilines is 1. The van der Waals surface area contributed by atoms with Gasteiger partial charge in [0.05, 0.1) is 5.56 Å². The van der Waals surface area contributed by atoms with Crippen LogP contribution in [-0.2, 0) is 11.0 Å². The van der Waals surface area contributed by atoms with Crippen LogP contribution in [0.25, 0.3) is 0 Å². The van der Waals surface area contributed by atoms with Crippen LogP contribution >= 0.6 is 0 Å². The Kier molecular flexibility index (Phi) is 5.72. The lowest BCUT2D eigenvalue weighted by atomic mass is 10.1. The van der Waals surface area contributed by atoms with E-state index in [4.69, 9.17) is 4.74 Å². The lowest BCUT2D eigenvalue weighted by Crippen LogP contribution is -2.32. The van der Waals surface area contributed by atoms with E-state index in [-0.39, 0.29) is 0 Å². The van der Waals surface area contributed by atoms with Crippen LogP contribution in [0.15, 0.2) is 42.5 Å². The molecule has 134 valence electrons. The van der Waals surface area contributed by atoms with Crippen LogP contribution in [0, 0.1) is 13.8 Å². The lowest BCUT2D eigenvalue weighted by molar-refractivity contribution is -0.137. The molecular formula is C19H20F3NO2. The van der Waals surface area contributed by atoms with Crippen molar-refractivity contribution in [2.75, 3.05) is 5.32 Å². The fraction of sp³-hybridized carbons (Fsp3) is 0.316. The maximum absolute atomic E-state index is 12.6. The molecule has 1 atom stereocenters. The largest absolute Gasteiger partial charge is 0.481 e. The molecule has 25 heavy (non-hydrogen) atoms. The second-order valence-electron chi connectivity index (χ2n) is 5.83. The lowest BCUT2D eigenvalue weighted by Gasteiger charge is -2.18. The number of hydrogen-bond acceptors (Lipinski definition) is 2. The van der Waals surface area contributed by atoms with Crippen molar-refractivity contribution in [2.24, 2.45) is 0 Å². The molecule has 0 aliphatic rings. The number of carbonyl (C=O) groups is 1. The maximum Gasteiger partial charge on any atom is 0.416 e. The van der Waals surface area contributed by atoms with E-state index in [0.717, 1.165) is 23.3 Å². The summed E-state index contributed by atoms with van der Waals surface area (Å²) in [6.45, 7) is 5.73. The number of ether oxygens (including phenoxy) is 1. The van der Waals surface area contributed by atoms with Gasteiger partial charge in [-0.15, -0.1) is 0 Å². The average molecular weight is 351 g/mol. The molecule has 3 nitrogen and oxygen atoms in total. The number of amides is 1. The van der Waals surface area contributed by atoms with E-state index < -0.39 is 23.8 Å². The molecule has 0 saturated carbocycles. The highest BCUT2D eigenvalue weighted by molar-refractivity contribution is 5.94. The van der Waals surface area contributed by atoms with Gasteiger partial charge in [0.2, 0.25) is 0 Å². The van der Waals surface area contributed by atoms with Crippen molar-refractivity contribution in [3.8, 4) is 5.75 Å². The number of alkyl halides is 3. The number of hydrogen-bond donors (Lipinski definition) is 1. The van der Waals surface area contributed by atoms with Crippen molar-refractivity contribution in [1.82, 2.24) is 0 Å². The fourth-order valence-electron chi connectivity index (χ4n) is 2.24. The monoisotopic (exact) mass is 351 g/mol. The quantitative estimate of drug-likeness (QED) is 0.812. The van der Waals surface area contributed by atoms with Crippen LogP contribution in [0.5, 0.6) is 5.75 Å². The summed E-state index contributed by atoms with van der Waals surface area (Å²) in [6.07, 6.45) is -4.70. The van der Waals surface area contributed by atoms with E-state index in [1.54, 1.807) is 13.0 Å². The molecule has 1 amide bonds. The number of nitrogens with one attached hydrogen (secondary N) is 1. The average Bonchev–Trinajstić information content (AvgIpc) is 2.55. The zero-order valence-electron chi connectivity index (χ0n) is 14.3. The molecular weight excluding hydrogens is 331 g/mol. The van der Waals surface area contributed by atoms with E-state index in [2.05, 4.69) is 5.32 Å². The minimum absolute atomic E-state index is 0.292. The first-order valence-electron chi connectivity index (χ1n) is 7.92. The minimum atomic E-state index is -4.40. The van der Waals surface area contributed by atoms with E-state index in [1.165, 1.54) is 12.1 Å². The van der Waals surface area contributed by atoms with Gasteiger partial charge in [-0.3, -0.25) is 4.79 Å². The van der Waals surface area contributed by atoms with Gasteiger partial charge >= 0.3 is 6.18 Å². The summed E-state index contributed by atoms with van der Waals surface area (Å²) in [4.78, 5) is 12.3. The normalized spacial score (nSPS) is 12.6. The van der Waals surface area contributed by atoms with Gasteiger partial charge in [0.15, 0.2) is 6.10 Å². The third kappa shape index (κ3) is 4.98. The molecule has 0 radical (unpaired) electrons. The Morgan fingerprint density at radius 2 is 1.72 bits per heavy atom. The highest BCUT2D eigenvalue weighted by atomic mass is 19.4. The molecule has 6 heteroatoms. The van der Waals surface area contributed by atoms with Crippen LogP contribution in [0.2, 0.25) is 0 Å². The van der Waals surface area contributed by atoms with Gasteiger partial charge in [-0.1, -0.05) is 13.0 Å². The minimum Gasteiger partial charge on any atom is -0.481 e. The molecule has 0 aromatic heterocycles. The highest BCUT2D eigenvalue weighted by Gasteiger charge is 2.30. The SMILES string of the molecule is CC[C@H](Oc1ccc(C)c(C)c1)C(=O)Nc1ccc(C(F)(F)F)cc1. The number of carbonyl (C=O) groups excluding carboxylic acids is 1. The molecule has 0 unspecified atom stereocenters. The molecule has 1 N–H and O–H groups in total. The predicted octanol–water partition coefficient (Wildman–Crippen LogP) is 5.12. The van der Waals surface area contributed by atoms with E-state index in [0.29, 0.717) is 17.9 Å². The molecule has 0 heterocycles. The number of rotatable bonds is 5. The van der Waals surface area contributed by atoms with Crippen molar-refractivity contribution < 1.29 is 22.7 Å². The summed E-state index contributed by atoms with van der Waals surface area (Å²) in [5.74, 6) is 0.179. The van der Waals surface area contributed by atoms with E-state index in [1.807, 2.05) is 26.0 Å². The van der Waals surface area contributed by atoms with Gasteiger partial charge < -0.3 is 10.1 Å². The second kappa shape index (κ2) is 7.59. The Hall–Kier alpha value is -2.50. The van der Waals surface area contributed by atoms with Gasteiger partial charge in [0, 0.05) is 5.69 Å². The Bertz CT molecular complexity index is 739. The van der Waals surface area contributed by atoms with Gasteiger partial charge in [0.25, 0.3) is 5.91 Å². The predicted molar refractivity (Wildman–Crippen MR) is 90.7 cm³/mol. The number of aryl methyl sites for hydroxylation is 2. The van der Waals surface area contributed by atoms with Crippen LogP contribution in [-0.4, -0.2) is 12.0 Å². The zero-order valence-corrected chi connectivity index (χ0v) is 14.3. The highest BCUT2D eigenvalue weighted by Crippen LogP contribution is 2.30. The molecule has 0 bridgehead atoms. The summed E-state index contributed by atoms with van der Waals surface area (Å²) in [5, 5.41) is 2.59. The molecule has 2 rings (SSSR count). The van der Waals surface area contributed by atoms with Crippen molar-refractivity contribution in [3.05, 3.63) is 59.2 Å². The van der Waals surface area contributed by atoms with Crippen LogP contribution in [0.1, 0.15) is 30.0 Å². The Morgan fingerprint density at radius 1 is 1.08 bits per heavy atom. The van der Waals surface area contributed by atoms with Crippen molar-refractivity contribution in [2.45, 2.75) is 39.5 Å². The van der Waals surface area contributed by atoms with Crippen LogP contribution < -0.4 is 10.1 Å². The van der Waals surface area contributed by atoms with Gasteiger partial charge in [-0.25, -0.2) is 0 Å². The molecule has 0 aliphatic heterocycles. The smallest absolute Gasteiger partial charge is 0.416 e. The molecule has 2 aromatic carbocycles. The maximum atomic E-state index is 12.6. The fourth-order valence-corrected chi connectivity index (χ4v) is 2.24. The van der Waals surface area contributed by atoms with Gasteiger partial charge in [-0.2, -0.15) is 13.2 Å². The van der Waals surface area contributed by atoms with E-state index in [9.17, 15) is 18.0 Å². The van der Waals surface area contributed by atoms with Crippen molar-refractivity contribution in [3.63, 3.8) is 0 Å². The standard InChI is InChI=1S/C19H20F3NO2/c1-4-17(25-16-10-5-12(2)13(3)11-16)18(24)23-15-8-6-14(7-9-15)19(20,21)22/h5-11,17H,4H2,1-3H3,(H,23,24)/t17-/m0/s1. The Balaban J connectivity index is 2.05. The van der Waals surface area contributed by atoms with Gasteiger partial charge in [0.1, 0.15) is 5.75 Å². The summed E-state index contributed by atoms with van der Waals surface area (Å²) >= 11 is 0. The number of benzene rings is 2. The second-order valence-corrected chi connectivity index (χ2v) is 5.83. The molecule has 0 saturated heterocycles. The summed E-state index contributed by atoms with van der Waals surface area (Å²) in [6, 6.07) is 9.86. The van der Waals surface area contributed by atoms with Crippen molar-refractivity contribution >= 4 is 11.6 Å². The molecule has 0 fully saturated rings. The van der Waals surface area contributed by atoms with Gasteiger partial charge in [-0.05, 0) is 67.8 Å². The van der Waals surface area contributed by atoms with Crippen LogP contribution in [0.4, 0.5) is 18.9 Å². The third-order valence-electron chi connectivity index (χ3n) is 3.90. The summed E-state index contributed by atoms with van der Waals surface area (Å²) < 4.78 is 43.4. The summed E-state index contributed by atoms with van der Waals surface area (Å²) in [5.41, 5.74) is 1.70. The third-order valence-corrected chi connectivity index (χ3v) is 3.90. The number of halogens is 3. The Morgan fingerprint density at radius 3 is 2.24 bits per heavy atom. The first-order chi connectivity index (χ1) is 11.7. The molecule has 0 spiro atoms. The first kappa shape index (κ1) is 18.8.